The van der Waals surface area contributed by atoms with Crippen LogP contribution in [0.5, 0.6) is 0 Å². The summed E-state index contributed by atoms with van der Waals surface area (Å²) in [5.74, 6) is 2.06. The van der Waals surface area contributed by atoms with Gasteiger partial charge in [0.1, 0.15) is 11.6 Å². The van der Waals surface area contributed by atoms with Gasteiger partial charge in [-0.05, 0) is 31.9 Å². The lowest BCUT2D eigenvalue weighted by Crippen LogP contribution is -2.33. The molecule has 16 heavy (non-hydrogen) atoms. The molecular formula is C13H21N3. The molecule has 0 radical (unpaired) electrons. The average molecular weight is 219 g/mol. The van der Waals surface area contributed by atoms with Crippen molar-refractivity contribution in [3.63, 3.8) is 0 Å². The Hall–Kier alpha value is -1.25. The van der Waals surface area contributed by atoms with Gasteiger partial charge in [-0.15, -0.1) is 0 Å². The summed E-state index contributed by atoms with van der Waals surface area (Å²) in [6.45, 7) is 3.44. The molecule has 2 rings (SSSR count). The lowest BCUT2D eigenvalue weighted by atomic mass is 10.1. The van der Waals surface area contributed by atoms with Crippen molar-refractivity contribution in [1.29, 1.82) is 0 Å². The van der Waals surface area contributed by atoms with Gasteiger partial charge in [0.15, 0.2) is 0 Å². The van der Waals surface area contributed by atoms with Gasteiger partial charge in [0, 0.05) is 19.6 Å². The molecule has 1 atom stereocenters. The molecule has 2 heterocycles. The van der Waals surface area contributed by atoms with Crippen LogP contribution in [0.15, 0.2) is 18.2 Å². The number of nitrogens with zero attached hydrogens (tertiary/aromatic N) is 2. The highest BCUT2D eigenvalue weighted by Crippen LogP contribution is 2.23. The number of hydrogen-bond donors (Lipinski definition) is 1. The van der Waals surface area contributed by atoms with E-state index in [1.54, 1.807) is 0 Å². The zero-order chi connectivity index (χ0) is 11.4. The summed E-state index contributed by atoms with van der Waals surface area (Å²) in [4.78, 5) is 7.06. The first-order valence-corrected chi connectivity index (χ1v) is 6.22. The van der Waals surface area contributed by atoms with E-state index >= 15 is 0 Å². The maximum Gasteiger partial charge on any atom is 0.131 e. The summed E-state index contributed by atoms with van der Waals surface area (Å²) < 4.78 is 0. The molecule has 1 fully saturated rings. The van der Waals surface area contributed by atoms with Gasteiger partial charge >= 0.3 is 0 Å². The number of aromatic nitrogens is 1. The standard InChI is InChI=1S/C13H21N3/c1-11-7-4-3-5-10-16(11)13-9-6-8-12(14-2)15-13/h6,8-9,11H,3-5,7,10H2,1-2H3,(H,14,15). The Labute approximate surface area is 97.9 Å². The van der Waals surface area contributed by atoms with Crippen LogP contribution in [-0.4, -0.2) is 24.6 Å². The van der Waals surface area contributed by atoms with Gasteiger partial charge in [0.05, 0.1) is 0 Å². The molecule has 1 aliphatic rings. The maximum atomic E-state index is 4.62. The smallest absolute Gasteiger partial charge is 0.131 e. The van der Waals surface area contributed by atoms with Crippen LogP contribution in [0.2, 0.25) is 0 Å². The second kappa shape index (κ2) is 5.19. The van der Waals surface area contributed by atoms with E-state index in [-0.39, 0.29) is 0 Å². The van der Waals surface area contributed by atoms with Gasteiger partial charge in [-0.3, -0.25) is 0 Å². The first-order valence-electron chi connectivity index (χ1n) is 6.22. The Morgan fingerprint density at radius 3 is 3.00 bits per heavy atom. The van der Waals surface area contributed by atoms with E-state index in [9.17, 15) is 0 Å². The van der Waals surface area contributed by atoms with Gasteiger partial charge in [0.25, 0.3) is 0 Å². The molecule has 1 saturated heterocycles. The summed E-state index contributed by atoms with van der Waals surface area (Å²) in [5, 5.41) is 3.10. The zero-order valence-electron chi connectivity index (χ0n) is 10.2. The summed E-state index contributed by atoms with van der Waals surface area (Å²) >= 11 is 0. The van der Waals surface area contributed by atoms with Crippen molar-refractivity contribution in [2.24, 2.45) is 0 Å². The first kappa shape index (κ1) is 11.2. The molecule has 0 amide bonds. The van der Waals surface area contributed by atoms with Crippen molar-refractivity contribution in [3.05, 3.63) is 18.2 Å². The van der Waals surface area contributed by atoms with E-state index < -0.39 is 0 Å². The minimum atomic E-state index is 0.613. The van der Waals surface area contributed by atoms with Crippen molar-refractivity contribution in [3.8, 4) is 0 Å². The van der Waals surface area contributed by atoms with Crippen LogP contribution in [0.4, 0.5) is 11.6 Å². The molecule has 0 bridgehead atoms. The fourth-order valence-corrected chi connectivity index (χ4v) is 2.34. The molecule has 88 valence electrons. The van der Waals surface area contributed by atoms with Crippen molar-refractivity contribution >= 4 is 11.6 Å². The highest BCUT2D eigenvalue weighted by molar-refractivity contribution is 5.47. The van der Waals surface area contributed by atoms with E-state index in [1.165, 1.54) is 25.7 Å². The summed E-state index contributed by atoms with van der Waals surface area (Å²) in [5.41, 5.74) is 0. The Bertz CT molecular complexity index is 338. The third-order valence-electron chi connectivity index (χ3n) is 3.34. The Morgan fingerprint density at radius 2 is 2.19 bits per heavy atom. The van der Waals surface area contributed by atoms with Gasteiger partial charge < -0.3 is 10.2 Å². The number of hydrogen-bond acceptors (Lipinski definition) is 3. The van der Waals surface area contributed by atoms with E-state index in [4.69, 9.17) is 0 Å². The quantitative estimate of drug-likeness (QED) is 0.829. The number of rotatable bonds is 2. The van der Waals surface area contributed by atoms with Crippen LogP contribution in [-0.2, 0) is 0 Å². The van der Waals surface area contributed by atoms with Crippen molar-refractivity contribution < 1.29 is 0 Å². The number of anilines is 2. The molecule has 3 nitrogen and oxygen atoms in total. The summed E-state index contributed by atoms with van der Waals surface area (Å²) in [6, 6.07) is 6.81. The van der Waals surface area contributed by atoms with Crippen LogP contribution in [0.1, 0.15) is 32.6 Å². The Kier molecular flexibility index (Phi) is 3.65. The first-order chi connectivity index (χ1) is 7.81. The molecule has 0 aromatic carbocycles. The third-order valence-corrected chi connectivity index (χ3v) is 3.34. The number of pyridine rings is 1. The second-order valence-electron chi connectivity index (χ2n) is 4.52. The number of nitrogens with one attached hydrogen (secondary N) is 1. The fraction of sp³-hybridized carbons (Fsp3) is 0.615. The van der Waals surface area contributed by atoms with E-state index in [1.807, 2.05) is 13.1 Å². The fourth-order valence-electron chi connectivity index (χ4n) is 2.34. The lowest BCUT2D eigenvalue weighted by molar-refractivity contribution is 0.611. The molecule has 0 spiro atoms. The predicted molar refractivity (Wildman–Crippen MR) is 69.1 cm³/mol. The molecule has 0 saturated carbocycles. The monoisotopic (exact) mass is 219 g/mol. The lowest BCUT2D eigenvalue weighted by Gasteiger charge is -2.28. The molecule has 3 heteroatoms. The van der Waals surface area contributed by atoms with Gasteiger partial charge in [-0.25, -0.2) is 4.98 Å². The Morgan fingerprint density at radius 1 is 1.31 bits per heavy atom. The van der Waals surface area contributed by atoms with Gasteiger partial charge in [0.2, 0.25) is 0 Å². The third kappa shape index (κ3) is 2.46. The summed E-state index contributed by atoms with van der Waals surface area (Å²) in [6.07, 6.45) is 5.28. The van der Waals surface area contributed by atoms with E-state index in [0.29, 0.717) is 6.04 Å². The maximum absolute atomic E-state index is 4.62. The molecule has 1 aromatic rings. The average Bonchev–Trinajstić information content (AvgIpc) is 2.54. The van der Waals surface area contributed by atoms with Crippen LogP contribution < -0.4 is 10.2 Å². The topological polar surface area (TPSA) is 28.2 Å². The molecular weight excluding hydrogens is 198 g/mol. The highest BCUT2D eigenvalue weighted by atomic mass is 15.2. The van der Waals surface area contributed by atoms with Crippen molar-refractivity contribution in [1.82, 2.24) is 4.98 Å². The van der Waals surface area contributed by atoms with Crippen LogP contribution in [0, 0.1) is 0 Å². The van der Waals surface area contributed by atoms with E-state index in [0.717, 1.165) is 18.2 Å². The molecule has 0 aliphatic carbocycles. The molecule has 1 unspecified atom stereocenters. The van der Waals surface area contributed by atoms with Crippen molar-refractivity contribution in [2.75, 3.05) is 23.8 Å². The van der Waals surface area contributed by atoms with Crippen LogP contribution in [0.3, 0.4) is 0 Å². The normalized spacial score (nSPS) is 21.6. The highest BCUT2D eigenvalue weighted by Gasteiger charge is 2.18. The SMILES string of the molecule is CNc1cccc(N2CCCCCC2C)n1. The van der Waals surface area contributed by atoms with Crippen LogP contribution in [0.25, 0.3) is 0 Å². The van der Waals surface area contributed by atoms with Gasteiger partial charge in [-0.1, -0.05) is 18.9 Å². The molecule has 1 aromatic heterocycles. The molecule has 1 N–H and O–H groups in total. The Balaban J connectivity index is 2.19. The van der Waals surface area contributed by atoms with Gasteiger partial charge in [-0.2, -0.15) is 0 Å². The minimum Gasteiger partial charge on any atom is -0.373 e. The zero-order valence-corrected chi connectivity index (χ0v) is 10.2. The second-order valence-corrected chi connectivity index (χ2v) is 4.52. The largest absolute Gasteiger partial charge is 0.373 e. The summed E-state index contributed by atoms with van der Waals surface area (Å²) in [7, 11) is 1.91. The van der Waals surface area contributed by atoms with E-state index in [2.05, 4.69) is 34.3 Å². The predicted octanol–water partition coefficient (Wildman–Crippen LogP) is 2.89. The van der Waals surface area contributed by atoms with Crippen molar-refractivity contribution in [2.45, 2.75) is 38.6 Å². The minimum absolute atomic E-state index is 0.613. The van der Waals surface area contributed by atoms with Crippen LogP contribution >= 0.6 is 0 Å². The molecule has 1 aliphatic heterocycles.